The SMILES string of the molecule is CCCC(=O)N1CCCC1C(=O)N1CCCC(C(C)N)C1.Cl. The molecule has 0 radical (unpaired) electrons. The Kier molecular flexibility index (Phi) is 7.63. The second kappa shape index (κ2) is 8.73. The molecule has 0 aromatic heterocycles. The van der Waals surface area contributed by atoms with Crippen LogP contribution in [-0.4, -0.2) is 53.3 Å². The fraction of sp³-hybridized carbons (Fsp3) is 0.875. The van der Waals surface area contributed by atoms with Crippen molar-refractivity contribution in [3.05, 3.63) is 0 Å². The van der Waals surface area contributed by atoms with Crippen molar-refractivity contribution in [1.82, 2.24) is 9.80 Å². The molecule has 2 fully saturated rings. The van der Waals surface area contributed by atoms with Gasteiger partial charge in [-0.1, -0.05) is 6.92 Å². The zero-order valence-corrected chi connectivity index (χ0v) is 14.6. The van der Waals surface area contributed by atoms with Crippen LogP contribution in [-0.2, 0) is 9.59 Å². The summed E-state index contributed by atoms with van der Waals surface area (Å²) < 4.78 is 0. The summed E-state index contributed by atoms with van der Waals surface area (Å²) >= 11 is 0. The largest absolute Gasteiger partial charge is 0.341 e. The highest BCUT2D eigenvalue weighted by atomic mass is 35.5. The first-order valence-electron chi connectivity index (χ1n) is 8.38. The first-order valence-corrected chi connectivity index (χ1v) is 8.38. The molecule has 3 unspecified atom stereocenters. The zero-order chi connectivity index (χ0) is 15.4. The van der Waals surface area contributed by atoms with Gasteiger partial charge >= 0.3 is 0 Å². The van der Waals surface area contributed by atoms with Gasteiger partial charge in [0.2, 0.25) is 11.8 Å². The number of piperidine rings is 1. The topological polar surface area (TPSA) is 66.6 Å². The number of carbonyl (C=O) groups excluding carboxylic acids is 2. The summed E-state index contributed by atoms with van der Waals surface area (Å²) in [5, 5.41) is 0. The minimum absolute atomic E-state index is 0. The molecule has 5 nitrogen and oxygen atoms in total. The highest BCUT2D eigenvalue weighted by Crippen LogP contribution is 2.24. The maximum atomic E-state index is 12.8. The smallest absolute Gasteiger partial charge is 0.245 e. The Morgan fingerprint density at radius 1 is 1.23 bits per heavy atom. The third-order valence-electron chi connectivity index (χ3n) is 4.84. The molecule has 3 atom stereocenters. The van der Waals surface area contributed by atoms with Crippen molar-refractivity contribution in [2.75, 3.05) is 19.6 Å². The van der Waals surface area contributed by atoms with Crippen molar-refractivity contribution in [2.45, 2.75) is 64.5 Å². The molecule has 22 heavy (non-hydrogen) atoms. The molecule has 0 aliphatic carbocycles. The lowest BCUT2D eigenvalue weighted by molar-refractivity contribution is -0.145. The fourth-order valence-corrected chi connectivity index (χ4v) is 3.53. The molecular weight excluding hydrogens is 302 g/mol. The molecule has 2 N–H and O–H groups in total. The first kappa shape index (κ1) is 19.2. The van der Waals surface area contributed by atoms with Crippen LogP contribution in [0.4, 0.5) is 0 Å². The zero-order valence-electron chi connectivity index (χ0n) is 13.8. The molecule has 0 aromatic rings. The van der Waals surface area contributed by atoms with E-state index >= 15 is 0 Å². The van der Waals surface area contributed by atoms with Gasteiger partial charge in [-0.05, 0) is 44.9 Å². The van der Waals surface area contributed by atoms with Gasteiger partial charge in [0, 0.05) is 32.1 Å². The fourth-order valence-electron chi connectivity index (χ4n) is 3.53. The lowest BCUT2D eigenvalue weighted by atomic mass is 9.91. The van der Waals surface area contributed by atoms with E-state index in [2.05, 4.69) is 0 Å². The first-order chi connectivity index (χ1) is 10.0. The average molecular weight is 332 g/mol. The molecule has 0 bridgehead atoms. The summed E-state index contributed by atoms with van der Waals surface area (Å²) in [5.41, 5.74) is 6.00. The van der Waals surface area contributed by atoms with Crippen LogP contribution in [0, 0.1) is 5.92 Å². The monoisotopic (exact) mass is 331 g/mol. The van der Waals surface area contributed by atoms with E-state index in [4.69, 9.17) is 5.73 Å². The maximum absolute atomic E-state index is 12.8. The highest BCUT2D eigenvalue weighted by molar-refractivity contribution is 5.88. The van der Waals surface area contributed by atoms with Gasteiger partial charge in [0.1, 0.15) is 6.04 Å². The third-order valence-corrected chi connectivity index (χ3v) is 4.84. The number of carbonyl (C=O) groups is 2. The van der Waals surface area contributed by atoms with Gasteiger partial charge in [0.05, 0.1) is 0 Å². The average Bonchev–Trinajstić information content (AvgIpc) is 2.96. The molecule has 0 saturated carbocycles. The van der Waals surface area contributed by atoms with E-state index in [1.165, 1.54) is 0 Å². The molecule has 2 rings (SSSR count). The summed E-state index contributed by atoms with van der Waals surface area (Å²) in [6, 6.07) is -0.0992. The normalized spacial score (nSPS) is 26.5. The van der Waals surface area contributed by atoms with E-state index in [0.717, 1.165) is 51.7 Å². The number of nitrogens with zero attached hydrogens (tertiary/aromatic N) is 2. The minimum Gasteiger partial charge on any atom is -0.341 e. The van der Waals surface area contributed by atoms with E-state index in [1.807, 2.05) is 18.7 Å². The van der Waals surface area contributed by atoms with Gasteiger partial charge in [-0.3, -0.25) is 9.59 Å². The van der Waals surface area contributed by atoms with E-state index < -0.39 is 0 Å². The summed E-state index contributed by atoms with van der Waals surface area (Å²) in [5.74, 6) is 0.667. The number of amides is 2. The number of rotatable bonds is 4. The van der Waals surface area contributed by atoms with Gasteiger partial charge in [0.25, 0.3) is 0 Å². The van der Waals surface area contributed by atoms with Crippen molar-refractivity contribution >= 4 is 24.2 Å². The van der Waals surface area contributed by atoms with E-state index in [0.29, 0.717) is 12.3 Å². The molecule has 0 spiro atoms. The summed E-state index contributed by atoms with van der Waals surface area (Å²) in [6.07, 6.45) is 5.27. The van der Waals surface area contributed by atoms with Crippen molar-refractivity contribution < 1.29 is 9.59 Å². The number of hydrogen-bond acceptors (Lipinski definition) is 3. The van der Waals surface area contributed by atoms with Gasteiger partial charge in [0.15, 0.2) is 0 Å². The Hall–Kier alpha value is -0.810. The van der Waals surface area contributed by atoms with Gasteiger partial charge in [-0.2, -0.15) is 0 Å². The van der Waals surface area contributed by atoms with Crippen molar-refractivity contribution in [1.29, 1.82) is 0 Å². The Bertz CT molecular complexity index is 390. The summed E-state index contributed by atoms with van der Waals surface area (Å²) in [4.78, 5) is 28.7. The minimum atomic E-state index is -0.226. The predicted octanol–water partition coefficient (Wildman–Crippen LogP) is 1.79. The molecule has 2 saturated heterocycles. The molecule has 6 heteroatoms. The standard InChI is InChI=1S/C16H29N3O2.ClH/c1-3-6-15(20)19-10-5-8-14(19)16(21)18-9-4-7-13(11-18)12(2)17;/h12-14H,3-11,17H2,1-2H3;1H. The third kappa shape index (κ3) is 4.35. The molecule has 2 aliphatic rings. The summed E-state index contributed by atoms with van der Waals surface area (Å²) in [6.45, 7) is 6.32. The van der Waals surface area contributed by atoms with E-state index in [9.17, 15) is 9.59 Å². The van der Waals surface area contributed by atoms with Crippen LogP contribution in [0.25, 0.3) is 0 Å². The van der Waals surface area contributed by atoms with Gasteiger partial charge < -0.3 is 15.5 Å². The predicted molar refractivity (Wildman–Crippen MR) is 89.8 cm³/mol. The van der Waals surface area contributed by atoms with Crippen LogP contribution in [0.3, 0.4) is 0 Å². The Balaban J connectivity index is 0.00000242. The molecule has 0 aromatic carbocycles. The second-order valence-corrected chi connectivity index (χ2v) is 6.54. The van der Waals surface area contributed by atoms with E-state index in [-0.39, 0.29) is 36.3 Å². The Labute approximate surface area is 140 Å². The molecule has 128 valence electrons. The number of hydrogen-bond donors (Lipinski definition) is 1. The Morgan fingerprint density at radius 2 is 1.91 bits per heavy atom. The molecular formula is C16H30ClN3O2. The van der Waals surface area contributed by atoms with E-state index in [1.54, 1.807) is 4.90 Å². The van der Waals surface area contributed by atoms with Crippen LogP contribution >= 0.6 is 12.4 Å². The van der Waals surface area contributed by atoms with Gasteiger partial charge in [-0.25, -0.2) is 0 Å². The van der Waals surface area contributed by atoms with Crippen LogP contribution in [0.1, 0.15) is 52.4 Å². The molecule has 2 aliphatic heterocycles. The number of likely N-dealkylation sites (tertiary alicyclic amines) is 2. The Morgan fingerprint density at radius 3 is 2.55 bits per heavy atom. The van der Waals surface area contributed by atoms with Crippen molar-refractivity contribution in [3.63, 3.8) is 0 Å². The second-order valence-electron chi connectivity index (χ2n) is 6.54. The number of nitrogens with two attached hydrogens (primary N) is 1. The lowest BCUT2D eigenvalue weighted by Gasteiger charge is -2.37. The summed E-state index contributed by atoms with van der Waals surface area (Å²) in [7, 11) is 0. The number of halogens is 1. The lowest BCUT2D eigenvalue weighted by Crippen LogP contribution is -2.52. The van der Waals surface area contributed by atoms with Crippen LogP contribution in [0.5, 0.6) is 0 Å². The van der Waals surface area contributed by atoms with Crippen LogP contribution in [0.15, 0.2) is 0 Å². The van der Waals surface area contributed by atoms with Gasteiger partial charge in [-0.15, -0.1) is 12.4 Å². The van der Waals surface area contributed by atoms with Crippen LogP contribution < -0.4 is 5.73 Å². The maximum Gasteiger partial charge on any atom is 0.245 e. The molecule has 2 amide bonds. The highest BCUT2D eigenvalue weighted by Gasteiger charge is 2.37. The van der Waals surface area contributed by atoms with Crippen LogP contribution in [0.2, 0.25) is 0 Å². The molecule has 2 heterocycles. The quantitative estimate of drug-likeness (QED) is 0.854. The van der Waals surface area contributed by atoms with Crippen molar-refractivity contribution in [3.8, 4) is 0 Å². The van der Waals surface area contributed by atoms with Crippen molar-refractivity contribution in [2.24, 2.45) is 11.7 Å².